The maximum absolute atomic E-state index is 6.74. The predicted molar refractivity (Wildman–Crippen MR) is 139 cm³/mol. The van der Waals surface area contributed by atoms with E-state index in [2.05, 4.69) is 79.2 Å². The minimum absolute atomic E-state index is 0.978. The van der Waals surface area contributed by atoms with E-state index in [9.17, 15) is 0 Å². The summed E-state index contributed by atoms with van der Waals surface area (Å²) in [6.45, 7) is 4.46. The Balaban J connectivity index is 2.18. The van der Waals surface area contributed by atoms with Crippen molar-refractivity contribution in [3.05, 3.63) is 71.8 Å². The molecule has 0 aliphatic rings. The van der Waals surface area contributed by atoms with Gasteiger partial charge in [0.05, 0.1) is 0 Å². The molecule has 0 aliphatic carbocycles. The van der Waals surface area contributed by atoms with Gasteiger partial charge in [0.25, 0.3) is 0 Å². The van der Waals surface area contributed by atoms with Crippen LogP contribution in [0.2, 0.25) is 0 Å². The Bertz CT molecular complexity index is 1380. The average Bonchev–Trinajstić information content (AvgIpc) is 2.98. The van der Waals surface area contributed by atoms with E-state index in [4.69, 9.17) is 8.39 Å². The van der Waals surface area contributed by atoms with Crippen molar-refractivity contribution in [3.8, 4) is 0 Å². The topological polar surface area (TPSA) is 29.5 Å². The molecular formula is C28H30NO2P. The minimum Gasteiger partial charge on any atom is -0.407 e. The maximum Gasteiger partial charge on any atom is 0.309 e. The summed E-state index contributed by atoms with van der Waals surface area (Å²) in [4.78, 5) is 0. The summed E-state index contributed by atoms with van der Waals surface area (Å²) in [5, 5.41) is 7.32. The van der Waals surface area contributed by atoms with E-state index >= 15 is 0 Å². The number of fused-ring (bicyclic) bond motifs is 7. The van der Waals surface area contributed by atoms with Crippen LogP contribution in [0.25, 0.3) is 43.5 Å². The first kappa shape index (κ1) is 21.1. The van der Waals surface area contributed by atoms with E-state index in [0.29, 0.717) is 0 Å². The Kier molecular flexibility index (Phi) is 5.71. The van der Waals surface area contributed by atoms with Gasteiger partial charge in [-0.3, -0.25) is 0 Å². The van der Waals surface area contributed by atoms with Crippen LogP contribution in [0.15, 0.2) is 69.1 Å². The van der Waals surface area contributed by atoms with Gasteiger partial charge in [0.15, 0.2) is 0 Å². The molecule has 0 spiro atoms. The van der Waals surface area contributed by atoms with Gasteiger partial charge < -0.3 is 8.39 Å². The molecule has 0 aliphatic heterocycles. The largest absolute Gasteiger partial charge is 0.407 e. The normalized spacial score (nSPS) is 11.9. The van der Waals surface area contributed by atoms with Crippen molar-refractivity contribution in [1.29, 1.82) is 0 Å². The van der Waals surface area contributed by atoms with Crippen LogP contribution in [0.3, 0.4) is 0 Å². The summed E-state index contributed by atoms with van der Waals surface area (Å²) in [5.41, 5.74) is 4.50. The van der Waals surface area contributed by atoms with Gasteiger partial charge in [-0.15, -0.1) is 0 Å². The summed E-state index contributed by atoms with van der Waals surface area (Å²) in [7, 11) is 2.82. The lowest BCUT2D eigenvalue weighted by Crippen LogP contribution is -2.02. The summed E-state index contributed by atoms with van der Waals surface area (Å²) in [6.07, 6.45) is 4.09. The Morgan fingerprint density at radius 1 is 0.688 bits per heavy atom. The number of hydrogen-bond donors (Lipinski definition) is 0. The lowest BCUT2D eigenvalue weighted by molar-refractivity contribution is 0.628. The van der Waals surface area contributed by atoms with Gasteiger partial charge in [-0.1, -0.05) is 75.2 Å². The van der Waals surface area contributed by atoms with Crippen molar-refractivity contribution in [2.45, 2.75) is 39.5 Å². The predicted octanol–water partition coefficient (Wildman–Crippen LogP) is 8.70. The molecule has 0 N–H and O–H groups in total. The van der Waals surface area contributed by atoms with Crippen molar-refractivity contribution in [1.82, 2.24) is 0 Å². The summed E-state index contributed by atoms with van der Waals surface area (Å²) in [6, 6.07) is 22.0. The number of nitrogens with zero attached hydrogens (tertiary/aromatic N) is 1. The van der Waals surface area contributed by atoms with Gasteiger partial charge in [-0.25, -0.2) is 4.67 Å². The van der Waals surface area contributed by atoms with Crippen molar-refractivity contribution >= 4 is 51.6 Å². The van der Waals surface area contributed by atoms with Crippen molar-refractivity contribution in [3.63, 3.8) is 0 Å². The second kappa shape index (κ2) is 8.65. The van der Waals surface area contributed by atoms with Crippen LogP contribution in [0, 0.1) is 0 Å². The van der Waals surface area contributed by atoms with Crippen LogP contribution in [0.5, 0.6) is 0 Å². The summed E-state index contributed by atoms with van der Waals surface area (Å²) < 4.78 is 15.6. The molecule has 0 fully saturated rings. The molecular weight excluding hydrogens is 413 g/mol. The van der Waals surface area contributed by atoms with Gasteiger partial charge in [-0.2, -0.15) is 0 Å². The van der Waals surface area contributed by atoms with Gasteiger partial charge in [0, 0.05) is 24.9 Å². The molecule has 1 heterocycles. The SMILES string of the molecule is CCCc1cc2ccccc2c2c1op(N(C)C)oc1c(CCC)cc3ccccc3c12. The highest BCUT2D eigenvalue weighted by Crippen LogP contribution is 2.44. The molecule has 0 unspecified atom stereocenters. The van der Waals surface area contributed by atoms with Crippen molar-refractivity contribution < 1.29 is 8.39 Å². The van der Waals surface area contributed by atoms with Crippen LogP contribution in [0.1, 0.15) is 37.8 Å². The molecule has 0 radical (unpaired) electrons. The zero-order valence-electron chi connectivity index (χ0n) is 19.3. The molecule has 32 heavy (non-hydrogen) atoms. The molecule has 4 aromatic carbocycles. The highest BCUT2D eigenvalue weighted by atomic mass is 31.1. The molecule has 0 amide bonds. The number of benzene rings is 4. The molecule has 4 heteroatoms. The first-order valence-corrected chi connectivity index (χ1v) is 12.7. The van der Waals surface area contributed by atoms with Gasteiger partial charge in [-0.05, 0) is 57.6 Å². The van der Waals surface area contributed by atoms with Gasteiger partial charge in [0.2, 0.25) is 0 Å². The molecule has 5 rings (SSSR count). The minimum atomic E-state index is -1.26. The Morgan fingerprint density at radius 2 is 1.12 bits per heavy atom. The molecule has 0 saturated carbocycles. The van der Waals surface area contributed by atoms with E-state index < -0.39 is 8.16 Å². The molecule has 164 valence electrons. The number of hydrogen-bond acceptors (Lipinski definition) is 3. The summed E-state index contributed by atoms with van der Waals surface area (Å²) in [5.74, 6) is 0. The maximum atomic E-state index is 6.74. The van der Waals surface area contributed by atoms with Gasteiger partial charge >= 0.3 is 8.16 Å². The number of aryl methyl sites for hydroxylation is 2. The monoisotopic (exact) mass is 443 g/mol. The van der Waals surface area contributed by atoms with Crippen molar-refractivity contribution in [2.24, 2.45) is 0 Å². The quantitative estimate of drug-likeness (QED) is 0.272. The third-order valence-corrected chi connectivity index (χ3v) is 7.44. The van der Waals surface area contributed by atoms with Crippen molar-refractivity contribution in [2.75, 3.05) is 18.8 Å². The smallest absolute Gasteiger partial charge is 0.309 e. The lowest BCUT2D eigenvalue weighted by atomic mass is 9.93. The fourth-order valence-electron chi connectivity index (χ4n) is 4.73. The zero-order chi connectivity index (χ0) is 22.2. The zero-order valence-corrected chi connectivity index (χ0v) is 20.2. The van der Waals surface area contributed by atoms with E-state index in [1.54, 1.807) is 0 Å². The second-order valence-electron chi connectivity index (χ2n) is 8.69. The molecule has 5 aromatic rings. The third-order valence-electron chi connectivity index (χ3n) is 6.11. The van der Waals surface area contributed by atoms with E-state index in [1.807, 2.05) is 14.1 Å². The molecule has 0 atom stereocenters. The van der Waals surface area contributed by atoms with Crippen LogP contribution in [0.4, 0.5) is 0 Å². The first-order chi connectivity index (χ1) is 15.6. The van der Waals surface area contributed by atoms with Crippen LogP contribution < -0.4 is 4.67 Å². The second-order valence-corrected chi connectivity index (χ2v) is 10.3. The molecule has 3 nitrogen and oxygen atoms in total. The molecule has 0 bridgehead atoms. The fourth-order valence-corrected chi connectivity index (χ4v) is 5.82. The Hall–Kier alpha value is -2.74. The van der Waals surface area contributed by atoms with E-state index in [0.717, 1.165) is 36.8 Å². The Morgan fingerprint density at radius 3 is 1.53 bits per heavy atom. The lowest BCUT2D eigenvalue weighted by Gasteiger charge is -2.11. The molecule has 1 aromatic heterocycles. The highest BCUT2D eigenvalue weighted by Gasteiger charge is 2.18. The number of rotatable bonds is 5. The van der Waals surface area contributed by atoms with E-state index in [-0.39, 0.29) is 0 Å². The van der Waals surface area contributed by atoms with Crippen LogP contribution in [-0.2, 0) is 12.8 Å². The summed E-state index contributed by atoms with van der Waals surface area (Å²) >= 11 is 0. The highest BCUT2D eigenvalue weighted by molar-refractivity contribution is 7.38. The van der Waals surface area contributed by atoms with Crippen LogP contribution in [-0.4, -0.2) is 14.1 Å². The van der Waals surface area contributed by atoms with E-state index in [1.165, 1.54) is 43.4 Å². The van der Waals surface area contributed by atoms with Crippen LogP contribution >= 0.6 is 8.16 Å². The third kappa shape index (κ3) is 3.50. The van der Waals surface area contributed by atoms with Gasteiger partial charge in [0.1, 0.15) is 11.2 Å². The average molecular weight is 444 g/mol. The first-order valence-electron chi connectivity index (χ1n) is 11.5. The molecule has 0 saturated heterocycles. The fraction of sp³-hybridized carbons (Fsp3) is 0.286. The standard InChI is InChI=1S/C28H30NO2P/c1-5-11-21-17-19-13-7-9-15-23(19)25-26-24-16-10-8-14-20(24)18-22(12-6-2)28(26)31-32(29(3)4)30-27(21)25/h7-10,13-18H,5-6,11-12H2,1-4H3. The Labute approximate surface area is 190 Å².